The molecule has 0 saturated carbocycles. The Morgan fingerprint density at radius 2 is 1.48 bits per heavy atom. The lowest BCUT2D eigenvalue weighted by Gasteiger charge is -2.21. The molecule has 0 bridgehead atoms. The molecule has 0 amide bonds. The van der Waals surface area contributed by atoms with Crippen molar-refractivity contribution in [2.75, 3.05) is 0 Å². The van der Waals surface area contributed by atoms with Crippen LogP contribution in [0.15, 0.2) is 191 Å². The standard InChI is InChI=1S/C60H51N3S/c1-6-37(2)44-29-26-39(36-62-58-46-22-14-16-24-56(46)64-59(58)57(61)40-17-9-7-10-18-40)31-48(44)47-32-41(27-25-38(47)3)42-28-30-54-50(33-42)51-34-49-45-21-13-15-23-52(45)60(4,5)53(49)35-55(51)63(54)43-19-11-8-12-20-43/h7-23,25-37,56,61H,6,24H2,1-5H3/b61-57?,62-36+. The van der Waals surface area contributed by atoms with Gasteiger partial charge < -0.3 is 4.57 Å². The summed E-state index contributed by atoms with van der Waals surface area (Å²) in [6, 6.07) is 55.7. The zero-order valence-corrected chi connectivity index (χ0v) is 37.9. The molecule has 2 atom stereocenters. The Labute approximate surface area is 381 Å². The highest BCUT2D eigenvalue weighted by molar-refractivity contribution is 8.05. The summed E-state index contributed by atoms with van der Waals surface area (Å²) in [6.07, 6.45) is 10.6. The highest BCUT2D eigenvalue weighted by Crippen LogP contribution is 2.51. The molecule has 0 saturated heterocycles. The predicted molar refractivity (Wildman–Crippen MR) is 274 cm³/mol. The molecule has 64 heavy (non-hydrogen) atoms. The maximum absolute atomic E-state index is 9.24. The van der Waals surface area contributed by atoms with Crippen LogP contribution in [0.1, 0.15) is 79.8 Å². The van der Waals surface area contributed by atoms with E-state index >= 15 is 0 Å². The molecule has 2 heterocycles. The zero-order chi connectivity index (χ0) is 43.7. The molecule has 4 heteroatoms. The second-order valence-electron chi connectivity index (χ2n) is 18.2. The molecule has 1 N–H and O–H groups in total. The number of allylic oxidation sites excluding steroid dienone is 5. The zero-order valence-electron chi connectivity index (χ0n) is 37.1. The van der Waals surface area contributed by atoms with Gasteiger partial charge in [0.05, 0.1) is 27.3 Å². The molecule has 1 aliphatic heterocycles. The van der Waals surface area contributed by atoms with E-state index in [1.807, 2.05) is 36.5 Å². The molecule has 7 aromatic carbocycles. The van der Waals surface area contributed by atoms with Gasteiger partial charge in [-0.05, 0) is 141 Å². The Kier molecular flexibility index (Phi) is 9.89. The van der Waals surface area contributed by atoms with Crippen LogP contribution in [0.5, 0.6) is 0 Å². The summed E-state index contributed by atoms with van der Waals surface area (Å²) in [6.45, 7) is 11.6. The quantitative estimate of drug-likeness (QED) is 0.145. The first kappa shape index (κ1) is 40.1. The molecule has 2 unspecified atom stereocenters. The van der Waals surface area contributed by atoms with Crippen LogP contribution >= 0.6 is 11.8 Å². The van der Waals surface area contributed by atoms with Gasteiger partial charge in [0.15, 0.2) is 0 Å². The lowest BCUT2D eigenvalue weighted by molar-refractivity contribution is 0.661. The Morgan fingerprint density at radius 3 is 2.30 bits per heavy atom. The number of para-hydroxylation sites is 1. The van der Waals surface area contributed by atoms with Crippen LogP contribution < -0.4 is 0 Å². The number of fused-ring (bicyclic) bond motifs is 7. The molecule has 312 valence electrons. The third kappa shape index (κ3) is 6.58. The van der Waals surface area contributed by atoms with Crippen LogP contribution in [0.2, 0.25) is 0 Å². The Morgan fingerprint density at radius 1 is 0.750 bits per heavy atom. The normalized spacial score (nSPS) is 16.6. The van der Waals surface area contributed by atoms with Gasteiger partial charge in [0.25, 0.3) is 0 Å². The van der Waals surface area contributed by atoms with Crippen LogP contribution in [0.3, 0.4) is 0 Å². The average Bonchev–Trinajstić information content (AvgIpc) is 3.95. The number of aromatic nitrogens is 1. The molecule has 3 aliphatic rings. The van der Waals surface area contributed by atoms with Crippen molar-refractivity contribution in [1.82, 2.24) is 4.57 Å². The minimum Gasteiger partial charge on any atom is -0.309 e. The van der Waals surface area contributed by atoms with Gasteiger partial charge in [0.2, 0.25) is 0 Å². The van der Waals surface area contributed by atoms with Crippen molar-refractivity contribution in [3.05, 3.63) is 219 Å². The second kappa shape index (κ2) is 15.8. The van der Waals surface area contributed by atoms with Crippen molar-refractivity contribution in [3.8, 4) is 39.1 Å². The summed E-state index contributed by atoms with van der Waals surface area (Å²) in [5.74, 6) is 0.383. The summed E-state index contributed by atoms with van der Waals surface area (Å²) < 4.78 is 2.45. The number of hydrogen-bond acceptors (Lipinski definition) is 3. The molecule has 8 aromatic rings. The topological polar surface area (TPSA) is 41.1 Å². The number of hydrogen-bond donors (Lipinski definition) is 1. The molecule has 1 aromatic heterocycles. The number of nitrogens with zero attached hydrogens (tertiary/aromatic N) is 2. The van der Waals surface area contributed by atoms with Crippen LogP contribution in [-0.4, -0.2) is 21.7 Å². The summed E-state index contributed by atoms with van der Waals surface area (Å²) in [4.78, 5) is 6.18. The third-order valence-electron chi connectivity index (χ3n) is 14.1. The first-order valence-corrected chi connectivity index (χ1v) is 23.6. The van der Waals surface area contributed by atoms with Crippen LogP contribution in [0, 0.1) is 12.3 Å². The molecule has 3 nitrogen and oxygen atoms in total. The largest absolute Gasteiger partial charge is 0.309 e. The first-order valence-electron chi connectivity index (χ1n) is 22.7. The van der Waals surface area contributed by atoms with Gasteiger partial charge in [0.1, 0.15) is 0 Å². The summed E-state index contributed by atoms with van der Waals surface area (Å²) in [5, 5.41) is 12.1. The van der Waals surface area contributed by atoms with Crippen LogP contribution in [0.4, 0.5) is 0 Å². The number of nitrogens with one attached hydrogen (secondary N) is 1. The van der Waals surface area contributed by atoms with E-state index in [1.54, 1.807) is 11.8 Å². The number of aryl methyl sites for hydroxylation is 1. The van der Waals surface area contributed by atoms with Crippen molar-refractivity contribution in [2.24, 2.45) is 4.99 Å². The van der Waals surface area contributed by atoms with Gasteiger partial charge in [-0.15, -0.1) is 11.8 Å². The minimum absolute atomic E-state index is 0.0886. The van der Waals surface area contributed by atoms with Crippen molar-refractivity contribution in [1.29, 1.82) is 5.41 Å². The first-order chi connectivity index (χ1) is 31.2. The highest BCUT2D eigenvalue weighted by atomic mass is 32.2. The SMILES string of the molecule is CCC(C)c1ccc(/C=N/C2=C(C(=N)c3ccccc3)SC3CC=CC=C23)cc1-c1cc(-c2ccc3c(c2)c2cc4c(cc2n3-c2ccccc2)C(C)(C)c2ccccc2-4)ccc1C. The Bertz CT molecular complexity index is 3320. The van der Waals surface area contributed by atoms with Crippen molar-refractivity contribution < 1.29 is 0 Å². The van der Waals surface area contributed by atoms with E-state index in [-0.39, 0.29) is 10.7 Å². The van der Waals surface area contributed by atoms with E-state index in [0.717, 1.165) is 34.6 Å². The van der Waals surface area contributed by atoms with Gasteiger partial charge in [-0.2, -0.15) is 0 Å². The lowest BCUT2D eigenvalue weighted by atomic mass is 9.82. The Hall–Kier alpha value is -6.75. The highest BCUT2D eigenvalue weighted by Gasteiger charge is 2.36. The number of thioether (sulfide) groups is 1. The van der Waals surface area contributed by atoms with E-state index in [1.165, 1.54) is 88.7 Å². The van der Waals surface area contributed by atoms with Crippen LogP contribution in [0.25, 0.3) is 60.9 Å². The van der Waals surface area contributed by atoms with E-state index in [9.17, 15) is 5.41 Å². The average molecular weight is 846 g/mol. The number of aliphatic imine (C=N–C) groups is 1. The molecule has 11 rings (SSSR count). The van der Waals surface area contributed by atoms with Gasteiger partial charge in [0, 0.05) is 38.9 Å². The lowest BCUT2D eigenvalue weighted by Crippen LogP contribution is -2.14. The fourth-order valence-electron chi connectivity index (χ4n) is 10.3. The smallest absolute Gasteiger partial charge is 0.0831 e. The second-order valence-corrected chi connectivity index (χ2v) is 19.5. The molecule has 2 aliphatic carbocycles. The number of benzene rings is 7. The minimum atomic E-state index is -0.0886. The van der Waals surface area contributed by atoms with Crippen molar-refractivity contribution >= 4 is 45.5 Å². The van der Waals surface area contributed by atoms with E-state index < -0.39 is 0 Å². The van der Waals surface area contributed by atoms with Gasteiger partial charge >= 0.3 is 0 Å². The van der Waals surface area contributed by atoms with E-state index in [0.29, 0.717) is 11.6 Å². The summed E-state index contributed by atoms with van der Waals surface area (Å²) >= 11 is 1.78. The molecule has 0 fully saturated rings. The summed E-state index contributed by atoms with van der Waals surface area (Å²) in [7, 11) is 0. The maximum Gasteiger partial charge on any atom is 0.0831 e. The Balaban J connectivity index is 1.03. The van der Waals surface area contributed by atoms with E-state index in [4.69, 9.17) is 4.99 Å². The molecule has 0 spiro atoms. The van der Waals surface area contributed by atoms with Crippen molar-refractivity contribution in [2.45, 2.75) is 64.0 Å². The molecule has 0 radical (unpaired) electrons. The molecular weight excluding hydrogens is 795 g/mol. The monoisotopic (exact) mass is 845 g/mol. The maximum atomic E-state index is 9.24. The fourth-order valence-corrected chi connectivity index (χ4v) is 11.7. The van der Waals surface area contributed by atoms with Gasteiger partial charge in [-0.25, -0.2) is 0 Å². The summed E-state index contributed by atoms with van der Waals surface area (Å²) in [5.41, 5.74) is 21.1. The fraction of sp³-hybridized carbons (Fsp3) is 0.167. The van der Waals surface area contributed by atoms with Crippen LogP contribution in [-0.2, 0) is 5.41 Å². The van der Waals surface area contributed by atoms with E-state index in [2.05, 4.69) is 179 Å². The van der Waals surface area contributed by atoms with Crippen molar-refractivity contribution in [3.63, 3.8) is 0 Å². The van der Waals surface area contributed by atoms with Gasteiger partial charge in [-0.3, -0.25) is 10.4 Å². The molecular formula is C60H51N3S. The number of rotatable bonds is 9. The third-order valence-corrected chi connectivity index (χ3v) is 15.4. The predicted octanol–water partition coefficient (Wildman–Crippen LogP) is 15.9. The van der Waals surface area contributed by atoms with Gasteiger partial charge in [-0.1, -0.05) is 149 Å².